The molecule has 0 radical (unpaired) electrons. The largest absolute Gasteiger partial charge is 0.492 e. The molecule has 0 bridgehead atoms. The molecule has 3 rings (SSSR count). The van der Waals surface area contributed by atoms with E-state index in [9.17, 15) is 0 Å². The summed E-state index contributed by atoms with van der Waals surface area (Å²) < 4.78 is 9.30. The van der Waals surface area contributed by atoms with Crippen molar-refractivity contribution in [3.63, 3.8) is 0 Å². The molecule has 0 saturated heterocycles. The first kappa shape index (κ1) is 15.9. The first-order valence-electron chi connectivity index (χ1n) is 7.90. The number of hydrogen-bond acceptors (Lipinski definition) is 3. The van der Waals surface area contributed by atoms with E-state index in [0.29, 0.717) is 6.61 Å². The van der Waals surface area contributed by atoms with Gasteiger partial charge >= 0.3 is 0 Å². The highest BCUT2D eigenvalue weighted by Crippen LogP contribution is 2.26. The van der Waals surface area contributed by atoms with Gasteiger partial charge in [0.25, 0.3) is 0 Å². The molecule has 0 unspecified atom stereocenters. The summed E-state index contributed by atoms with van der Waals surface area (Å²) in [5.74, 6) is 1.02. The van der Waals surface area contributed by atoms with Crippen molar-refractivity contribution in [3.8, 4) is 0 Å². The Balaban J connectivity index is 1.43. The zero-order chi connectivity index (χ0) is 15.9. The number of allylic oxidation sites excluding steroid dienone is 1. The summed E-state index contributed by atoms with van der Waals surface area (Å²) in [6.07, 6.45) is 6.22. The molecule has 0 saturated carbocycles. The van der Waals surface area contributed by atoms with Crippen LogP contribution < -0.4 is 4.72 Å². The van der Waals surface area contributed by atoms with Gasteiger partial charge in [-0.15, -0.1) is 0 Å². The molecule has 2 aromatic carbocycles. The average molecular weight is 323 g/mol. The van der Waals surface area contributed by atoms with E-state index < -0.39 is 0 Å². The van der Waals surface area contributed by atoms with Crippen molar-refractivity contribution in [1.29, 1.82) is 0 Å². The fourth-order valence-corrected chi connectivity index (χ4v) is 3.22. The predicted molar refractivity (Wildman–Crippen MR) is 99.1 cm³/mol. The van der Waals surface area contributed by atoms with E-state index >= 15 is 0 Å². The molecule has 23 heavy (non-hydrogen) atoms. The summed E-state index contributed by atoms with van der Waals surface area (Å²) in [6.45, 7) is 5.23. The van der Waals surface area contributed by atoms with E-state index in [1.54, 1.807) is 11.9 Å². The van der Waals surface area contributed by atoms with E-state index in [0.717, 1.165) is 30.7 Å². The fraction of sp³-hybridized carbons (Fsp3) is 0.200. The fourth-order valence-electron chi connectivity index (χ4n) is 2.59. The van der Waals surface area contributed by atoms with E-state index in [4.69, 9.17) is 4.74 Å². The Hall–Kier alpha value is -1.97. The van der Waals surface area contributed by atoms with Crippen LogP contribution in [0.2, 0.25) is 0 Å². The zero-order valence-corrected chi connectivity index (χ0v) is 13.9. The molecular formula is C20H21NOS. The maximum absolute atomic E-state index is 5.96. The van der Waals surface area contributed by atoms with Gasteiger partial charge in [0, 0.05) is 17.0 Å². The van der Waals surface area contributed by atoms with Crippen molar-refractivity contribution in [3.05, 3.63) is 77.9 Å². The first-order valence-corrected chi connectivity index (χ1v) is 8.72. The van der Waals surface area contributed by atoms with Crippen molar-refractivity contribution in [1.82, 2.24) is 4.72 Å². The molecule has 0 heterocycles. The molecule has 118 valence electrons. The standard InChI is InChI=1S/C20H21NOS/c1-2-16-10-12-18(13-11-16)23-21-14-15-22-20-9-5-7-17-6-3-4-8-19(17)20/h2-4,6,8-13,21H,1,5,7,14-15H2. The molecule has 1 aliphatic rings. The van der Waals surface area contributed by atoms with Crippen LogP contribution in [0.3, 0.4) is 0 Å². The number of benzene rings is 2. The molecule has 0 spiro atoms. The lowest BCUT2D eigenvalue weighted by atomic mass is 9.96. The topological polar surface area (TPSA) is 21.3 Å². The monoisotopic (exact) mass is 323 g/mol. The molecule has 0 fully saturated rings. The zero-order valence-electron chi connectivity index (χ0n) is 13.1. The van der Waals surface area contributed by atoms with E-state index in [1.165, 1.54) is 16.0 Å². The smallest absolute Gasteiger partial charge is 0.122 e. The van der Waals surface area contributed by atoms with E-state index in [1.807, 2.05) is 6.08 Å². The van der Waals surface area contributed by atoms with Crippen LogP contribution >= 0.6 is 11.9 Å². The molecule has 0 aromatic heterocycles. The third kappa shape index (κ3) is 4.27. The number of fused-ring (bicyclic) bond motifs is 1. The van der Waals surface area contributed by atoms with Gasteiger partial charge < -0.3 is 4.74 Å². The van der Waals surface area contributed by atoms with Crippen LogP contribution in [0.1, 0.15) is 23.1 Å². The highest BCUT2D eigenvalue weighted by atomic mass is 32.2. The van der Waals surface area contributed by atoms with Crippen LogP contribution in [0.4, 0.5) is 0 Å². The Kier molecular flexibility index (Phi) is 5.56. The van der Waals surface area contributed by atoms with Gasteiger partial charge in [0.1, 0.15) is 12.4 Å². The molecule has 0 atom stereocenters. The summed E-state index contributed by atoms with van der Waals surface area (Å²) in [4.78, 5) is 1.19. The summed E-state index contributed by atoms with van der Waals surface area (Å²) in [5, 5.41) is 0. The molecule has 0 amide bonds. The van der Waals surface area contributed by atoms with E-state index in [2.05, 4.69) is 65.9 Å². The minimum atomic E-state index is 0.665. The van der Waals surface area contributed by atoms with Gasteiger partial charge in [0.2, 0.25) is 0 Å². The Morgan fingerprint density at radius 1 is 1.13 bits per heavy atom. The van der Waals surface area contributed by atoms with Crippen LogP contribution in [0.5, 0.6) is 0 Å². The molecule has 1 N–H and O–H groups in total. The molecular weight excluding hydrogens is 302 g/mol. The predicted octanol–water partition coefficient (Wildman–Crippen LogP) is 4.93. The van der Waals surface area contributed by atoms with Crippen LogP contribution in [-0.2, 0) is 11.2 Å². The number of nitrogens with one attached hydrogen (secondary N) is 1. The first-order chi connectivity index (χ1) is 11.4. The van der Waals surface area contributed by atoms with Crippen molar-refractivity contribution in [2.45, 2.75) is 17.7 Å². The molecule has 1 aliphatic carbocycles. The second-order valence-corrected chi connectivity index (χ2v) is 6.35. The SMILES string of the molecule is C=Cc1ccc(SNCCOC2=CCCc3ccccc32)cc1. The van der Waals surface area contributed by atoms with Gasteiger partial charge in [-0.1, -0.05) is 49.1 Å². The van der Waals surface area contributed by atoms with Crippen LogP contribution in [0, 0.1) is 0 Å². The maximum atomic E-state index is 5.96. The molecule has 2 aromatic rings. The van der Waals surface area contributed by atoms with Crippen molar-refractivity contribution in [2.24, 2.45) is 0 Å². The Bertz CT molecular complexity index is 691. The third-order valence-electron chi connectivity index (χ3n) is 3.79. The van der Waals surface area contributed by atoms with E-state index in [-0.39, 0.29) is 0 Å². The average Bonchev–Trinajstić information content (AvgIpc) is 2.62. The van der Waals surface area contributed by atoms with Gasteiger partial charge in [0.05, 0.1) is 0 Å². The lowest BCUT2D eigenvalue weighted by Crippen LogP contribution is -2.13. The Morgan fingerprint density at radius 3 is 2.78 bits per heavy atom. The maximum Gasteiger partial charge on any atom is 0.122 e. The summed E-state index contributed by atoms with van der Waals surface area (Å²) in [6, 6.07) is 16.8. The number of rotatable bonds is 7. The number of hydrogen-bond donors (Lipinski definition) is 1. The second kappa shape index (κ2) is 8.04. The minimum Gasteiger partial charge on any atom is -0.492 e. The summed E-state index contributed by atoms with van der Waals surface area (Å²) in [5.41, 5.74) is 3.77. The minimum absolute atomic E-state index is 0.665. The van der Waals surface area contributed by atoms with Crippen molar-refractivity contribution >= 4 is 23.8 Å². The van der Waals surface area contributed by atoms with Crippen LogP contribution in [0.25, 0.3) is 11.8 Å². The third-order valence-corrected chi connectivity index (χ3v) is 4.65. The van der Waals surface area contributed by atoms with Crippen molar-refractivity contribution in [2.75, 3.05) is 13.2 Å². The highest BCUT2D eigenvalue weighted by molar-refractivity contribution is 7.97. The number of ether oxygens (including phenoxy) is 1. The number of aryl methyl sites for hydroxylation is 1. The van der Waals surface area contributed by atoms with Crippen LogP contribution in [0.15, 0.2) is 66.1 Å². The van der Waals surface area contributed by atoms with Gasteiger partial charge in [-0.05, 0) is 54.1 Å². The second-order valence-electron chi connectivity index (χ2n) is 5.38. The molecule has 3 heteroatoms. The molecule has 2 nitrogen and oxygen atoms in total. The Labute approximate surface area is 142 Å². The van der Waals surface area contributed by atoms with Crippen molar-refractivity contribution < 1.29 is 4.74 Å². The lowest BCUT2D eigenvalue weighted by molar-refractivity contribution is 0.282. The van der Waals surface area contributed by atoms with Gasteiger partial charge in [-0.25, -0.2) is 0 Å². The van der Waals surface area contributed by atoms with Gasteiger partial charge in [-0.2, -0.15) is 0 Å². The van der Waals surface area contributed by atoms with Crippen LogP contribution in [-0.4, -0.2) is 13.2 Å². The lowest BCUT2D eigenvalue weighted by Gasteiger charge is -2.18. The molecule has 0 aliphatic heterocycles. The highest BCUT2D eigenvalue weighted by Gasteiger charge is 2.12. The summed E-state index contributed by atoms with van der Waals surface area (Å²) >= 11 is 1.63. The van der Waals surface area contributed by atoms with Gasteiger partial charge in [-0.3, -0.25) is 4.72 Å². The normalized spacial score (nSPS) is 13.1. The summed E-state index contributed by atoms with van der Waals surface area (Å²) in [7, 11) is 0. The quantitative estimate of drug-likeness (QED) is 0.576. The van der Waals surface area contributed by atoms with Gasteiger partial charge in [0.15, 0.2) is 0 Å². The Morgan fingerprint density at radius 2 is 1.96 bits per heavy atom.